The van der Waals surface area contributed by atoms with Crippen LogP contribution in [0.25, 0.3) is 11.0 Å². The molecular weight excluding hydrogens is 314 g/mol. The van der Waals surface area contributed by atoms with Gasteiger partial charge in [-0.3, -0.25) is 0 Å². The maximum atomic E-state index is 12.7. The molecule has 0 aliphatic carbocycles. The molecule has 0 radical (unpaired) electrons. The molecule has 0 aliphatic heterocycles. The summed E-state index contributed by atoms with van der Waals surface area (Å²) in [5, 5.41) is 2.73. The van der Waals surface area contributed by atoms with Gasteiger partial charge in [-0.2, -0.15) is 0 Å². The van der Waals surface area contributed by atoms with Crippen LogP contribution in [0.5, 0.6) is 0 Å². The molecule has 1 amide bonds. The summed E-state index contributed by atoms with van der Waals surface area (Å²) >= 11 is -0.152. The number of aromatic nitrogens is 3. The molecule has 0 unspecified atom stereocenters. The first-order chi connectivity index (χ1) is 9.24. The molecular formula is C12H7FN4OSe. The van der Waals surface area contributed by atoms with Crippen molar-refractivity contribution in [3.63, 3.8) is 0 Å². The van der Waals surface area contributed by atoms with Crippen LogP contribution >= 0.6 is 0 Å². The quantitative estimate of drug-likeness (QED) is 0.573. The van der Waals surface area contributed by atoms with Gasteiger partial charge in [0.1, 0.15) is 0 Å². The number of amides is 1. The van der Waals surface area contributed by atoms with Gasteiger partial charge in [-0.15, -0.1) is 0 Å². The molecule has 0 saturated heterocycles. The molecule has 0 fully saturated rings. The van der Waals surface area contributed by atoms with E-state index in [-0.39, 0.29) is 20.9 Å². The number of fused-ring (bicyclic) bond motifs is 1. The predicted molar refractivity (Wildman–Crippen MR) is 68.6 cm³/mol. The summed E-state index contributed by atoms with van der Waals surface area (Å²) < 4.78 is 21.2. The third kappa shape index (κ3) is 2.38. The molecule has 3 rings (SSSR count). The van der Waals surface area contributed by atoms with Crippen LogP contribution in [0.3, 0.4) is 0 Å². The van der Waals surface area contributed by atoms with Gasteiger partial charge in [0.15, 0.2) is 0 Å². The Kier molecular flexibility index (Phi) is 3.06. The summed E-state index contributed by atoms with van der Waals surface area (Å²) in [6, 6.07) is 7.94. The van der Waals surface area contributed by atoms with E-state index in [4.69, 9.17) is 0 Å². The normalized spacial score (nSPS) is 10.6. The van der Waals surface area contributed by atoms with E-state index in [2.05, 4.69) is 18.3 Å². The number of hydrogen-bond acceptors (Lipinski definition) is 4. The molecule has 0 bridgehead atoms. The Balaban J connectivity index is 1.90. The van der Waals surface area contributed by atoms with E-state index in [1.807, 2.05) is 6.07 Å². The Morgan fingerprint density at radius 1 is 1.21 bits per heavy atom. The number of hydrogen-bond donors (Lipinski definition) is 1. The molecule has 19 heavy (non-hydrogen) atoms. The number of nitrogens with one attached hydrogen (secondary N) is 1. The Hall–Kier alpha value is -2.11. The number of halogens is 1. The summed E-state index contributed by atoms with van der Waals surface area (Å²) in [4.78, 5) is 15.4. The zero-order valence-electron chi connectivity index (χ0n) is 9.50. The Labute approximate surface area is 113 Å². The molecule has 1 aromatic carbocycles. The fourth-order valence-corrected chi connectivity index (χ4v) is 2.76. The zero-order valence-corrected chi connectivity index (χ0v) is 11.2. The SMILES string of the molecule is O=C(Nc1cccc2n[se]nc12)c1ccc(F)nc1. The molecule has 0 aliphatic rings. The molecule has 0 atom stereocenters. The van der Waals surface area contributed by atoms with E-state index < -0.39 is 5.95 Å². The predicted octanol–water partition coefficient (Wildman–Crippen LogP) is 1.47. The number of rotatable bonds is 2. The van der Waals surface area contributed by atoms with Crippen LogP contribution in [0, 0.1) is 5.95 Å². The first-order valence-electron chi connectivity index (χ1n) is 5.38. The van der Waals surface area contributed by atoms with Gasteiger partial charge in [-0.25, -0.2) is 0 Å². The summed E-state index contributed by atoms with van der Waals surface area (Å²) in [6.07, 6.45) is 1.19. The van der Waals surface area contributed by atoms with E-state index in [0.29, 0.717) is 16.8 Å². The van der Waals surface area contributed by atoms with Gasteiger partial charge in [0, 0.05) is 0 Å². The van der Waals surface area contributed by atoms with Gasteiger partial charge in [-0.05, 0) is 0 Å². The van der Waals surface area contributed by atoms with Crippen molar-refractivity contribution in [2.45, 2.75) is 0 Å². The molecule has 7 heteroatoms. The number of pyridine rings is 1. The maximum absolute atomic E-state index is 12.7. The van der Waals surface area contributed by atoms with Crippen LogP contribution in [0.2, 0.25) is 0 Å². The second kappa shape index (κ2) is 4.87. The van der Waals surface area contributed by atoms with E-state index in [1.54, 1.807) is 12.1 Å². The average Bonchev–Trinajstić information content (AvgIpc) is 2.89. The minimum absolute atomic E-state index is 0.152. The van der Waals surface area contributed by atoms with Crippen LogP contribution in [-0.4, -0.2) is 33.8 Å². The number of anilines is 1. The van der Waals surface area contributed by atoms with Gasteiger partial charge in [0.05, 0.1) is 0 Å². The van der Waals surface area contributed by atoms with Crippen LogP contribution in [0.4, 0.5) is 10.1 Å². The van der Waals surface area contributed by atoms with Crippen LogP contribution < -0.4 is 5.32 Å². The van der Waals surface area contributed by atoms with Crippen molar-refractivity contribution >= 4 is 37.6 Å². The fraction of sp³-hybridized carbons (Fsp3) is 0. The molecule has 0 spiro atoms. The Bertz CT molecular complexity index is 741. The van der Waals surface area contributed by atoms with Crippen LogP contribution in [-0.2, 0) is 0 Å². The van der Waals surface area contributed by atoms with Gasteiger partial charge in [0.2, 0.25) is 0 Å². The van der Waals surface area contributed by atoms with Crippen molar-refractivity contribution in [2.75, 3.05) is 5.32 Å². The zero-order chi connectivity index (χ0) is 13.2. The first-order valence-corrected chi connectivity index (χ1v) is 6.91. The molecule has 3 aromatic rings. The number of carbonyl (C=O) groups is 1. The van der Waals surface area contributed by atoms with Gasteiger partial charge < -0.3 is 0 Å². The van der Waals surface area contributed by atoms with Crippen LogP contribution in [0.1, 0.15) is 10.4 Å². The van der Waals surface area contributed by atoms with E-state index >= 15 is 0 Å². The number of carbonyl (C=O) groups excluding carboxylic acids is 1. The number of nitrogens with zero attached hydrogens (tertiary/aromatic N) is 3. The van der Waals surface area contributed by atoms with Gasteiger partial charge in [0.25, 0.3) is 0 Å². The van der Waals surface area contributed by atoms with Crippen molar-refractivity contribution in [3.8, 4) is 0 Å². The second-order valence-electron chi connectivity index (χ2n) is 3.76. The first kappa shape index (κ1) is 12.0. The second-order valence-corrected chi connectivity index (χ2v) is 4.87. The fourth-order valence-electron chi connectivity index (χ4n) is 1.61. The van der Waals surface area contributed by atoms with Crippen molar-refractivity contribution in [1.82, 2.24) is 12.9 Å². The summed E-state index contributed by atoms with van der Waals surface area (Å²) in [5.74, 6) is -0.968. The molecule has 0 saturated carbocycles. The van der Waals surface area contributed by atoms with Gasteiger partial charge in [-0.1, -0.05) is 0 Å². The van der Waals surface area contributed by atoms with E-state index in [0.717, 1.165) is 11.6 Å². The summed E-state index contributed by atoms with van der Waals surface area (Å²) in [6.45, 7) is 0. The monoisotopic (exact) mass is 322 g/mol. The molecule has 2 heterocycles. The number of benzene rings is 1. The van der Waals surface area contributed by atoms with Crippen LogP contribution in [0.15, 0.2) is 36.5 Å². The summed E-state index contributed by atoms with van der Waals surface area (Å²) in [5.41, 5.74) is 2.38. The third-order valence-electron chi connectivity index (χ3n) is 2.52. The Morgan fingerprint density at radius 3 is 2.89 bits per heavy atom. The van der Waals surface area contributed by atoms with Crippen molar-refractivity contribution in [1.29, 1.82) is 0 Å². The van der Waals surface area contributed by atoms with Crippen molar-refractivity contribution < 1.29 is 9.18 Å². The van der Waals surface area contributed by atoms with E-state index in [1.165, 1.54) is 12.3 Å². The Morgan fingerprint density at radius 2 is 2.11 bits per heavy atom. The molecule has 5 nitrogen and oxygen atoms in total. The minimum atomic E-state index is -0.617. The van der Waals surface area contributed by atoms with E-state index in [9.17, 15) is 9.18 Å². The standard InChI is InChI=1S/C12H7FN4OSe/c13-10-5-4-7(6-14-10)12(18)15-8-2-1-3-9-11(8)17-19-16-9/h1-6H,(H,15,18). The average molecular weight is 321 g/mol. The topological polar surface area (TPSA) is 67.8 Å². The van der Waals surface area contributed by atoms with Crippen molar-refractivity contribution in [3.05, 3.63) is 48.0 Å². The van der Waals surface area contributed by atoms with Gasteiger partial charge >= 0.3 is 113 Å². The van der Waals surface area contributed by atoms with Crippen molar-refractivity contribution in [2.24, 2.45) is 0 Å². The molecule has 2 aromatic heterocycles. The third-order valence-corrected chi connectivity index (χ3v) is 3.66. The summed E-state index contributed by atoms with van der Waals surface area (Å²) in [7, 11) is 0. The molecule has 94 valence electrons. The molecule has 1 N–H and O–H groups in total.